The second-order valence-electron chi connectivity index (χ2n) is 5.60. The third kappa shape index (κ3) is 3.89. The molecule has 4 nitrogen and oxygen atoms in total. The van der Waals surface area contributed by atoms with Crippen molar-refractivity contribution in [3.05, 3.63) is 23.8 Å². The fraction of sp³-hybridized carbons (Fsp3) is 0.647. The topological polar surface area (TPSA) is 39.7 Å². The van der Waals surface area contributed by atoms with E-state index in [1.54, 1.807) is 0 Å². The summed E-state index contributed by atoms with van der Waals surface area (Å²) in [5.41, 5.74) is 1.19. The quantitative estimate of drug-likeness (QED) is 0.838. The van der Waals surface area contributed by atoms with Crippen LogP contribution in [0.15, 0.2) is 18.2 Å². The summed E-state index contributed by atoms with van der Waals surface area (Å²) in [7, 11) is 0. The Bertz CT molecular complexity index is 448. The maximum Gasteiger partial charge on any atom is 0.161 e. The molecule has 0 spiro atoms. The van der Waals surface area contributed by atoms with E-state index < -0.39 is 0 Å². The molecule has 4 heteroatoms. The number of ether oxygens (including phenoxy) is 3. The Hall–Kier alpha value is -1.26. The summed E-state index contributed by atoms with van der Waals surface area (Å²) in [4.78, 5) is 0. The Kier molecular flexibility index (Phi) is 5.88. The van der Waals surface area contributed by atoms with E-state index >= 15 is 0 Å². The van der Waals surface area contributed by atoms with E-state index in [9.17, 15) is 0 Å². The highest BCUT2D eigenvalue weighted by molar-refractivity contribution is 5.45. The van der Waals surface area contributed by atoms with Gasteiger partial charge in [-0.2, -0.15) is 0 Å². The van der Waals surface area contributed by atoms with Crippen LogP contribution in [-0.2, 0) is 4.74 Å². The summed E-state index contributed by atoms with van der Waals surface area (Å²) in [6, 6.07) is 6.34. The first kappa shape index (κ1) is 16.1. The maximum absolute atomic E-state index is 5.98. The zero-order chi connectivity index (χ0) is 15.2. The number of likely N-dealkylation sites (N-methyl/N-ethyl adjacent to an activating group) is 1. The van der Waals surface area contributed by atoms with Crippen LogP contribution in [0.1, 0.15) is 39.3 Å². The fourth-order valence-corrected chi connectivity index (χ4v) is 2.76. The lowest BCUT2D eigenvalue weighted by Gasteiger charge is -2.31. The van der Waals surface area contributed by atoms with Gasteiger partial charge in [0.05, 0.1) is 12.1 Å². The zero-order valence-corrected chi connectivity index (χ0v) is 13.5. The molecular formula is C17H27NO3. The molecule has 2 rings (SSSR count). The summed E-state index contributed by atoms with van der Waals surface area (Å²) in [6.07, 6.45) is 0.137. The van der Waals surface area contributed by atoms with Crippen molar-refractivity contribution in [2.45, 2.75) is 39.8 Å². The average Bonchev–Trinajstić information content (AvgIpc) is 2.50. The first-order valence-corrected chi connectivity index (χ1v) is 7.91. The molecule has 0 amide bonds. The van der Waals surface area contributed by atoms with Crippen LogP contribution in [-0.4, -0.2) is 32.5 Å². The van der Waals surface area contributed by atoms with Crippen molar-refractivity contribution in [3.63, 3.8) is 0 Å². The summed E-state index contributed by atoms with van der Waals surface area (Å²) in [5, 5.41) is 3.55. The number of fused-ring (bicyclic) bond motifs is 1. The molecule has 1 aliphatic rings. The Morgan fingerprint density at radius 1 is 1.14 bits per heavy atom. The van der Waals surface area contributed by atoms with E-state index in [0.29, 0.717) is 19.1 Å². The van der Waals surface area contributed by atoms with Crippen molar-refractivity contribution < 1.29 is 14.2 Å². The van der Waals surface area contributed by atoms with Crippen molar-refractivity contribution in [1.29, 1.82) is 0 Å². The Labute approximate surface area is 127 Å². The van der Waals surface area contributed by atoms with E-state index in [2.05, 4.69) is 38.2 Å². The molecule has 1 aromatic carbocycles. The summed E-state index contributed by atoms with van der Waals surface area (Å²) < 4.78 is 17.3. The van der Waals surface area contributed by atoms with Crippen LogP contribution in [0, 0.1) is 5.92 Å². The van der Waals surface area contributed by atoms with Gasteiger partial charge < -0.3 is 19.5 Å². The van der Waals surface area contributed by atoms with Crippen LogP contribution in [0.2, 0.25) is 0 Å². The molecule has 2 atom stereocenters. The first-order chi connectivity index (χ1) is 10.2. The van der Waals surface area contributed by atoms with Crippen LogP contribution in [0.4, 0.5) is 0 Å². The largest absolute Gasteiger partial charge is 0.486 e. The van der Waals surface area contributed by atoms with Crippen molar-refractivity contribution in [3.8, 4) is 11.5 Å². The van der Waals surface area contributed by atoms with E-state index in [4.69, 9.17) is 14.2 Å². The molecule has 1 heterocycles. The van der Waals surface area contributed by atoms with E-state index in [1.807, 2.05) is 13.0 Å². The van der Waals surface area contributed by atoms with Crippen molar-refractivity contribution in [1.82, 2.24) is 5.32 Å². The summed E-state index contributed by atoms with van der Waals surface area (Å²) in [6.45, 7) is 11.4. The number of nitrogens with one attached hydrogen (secondary N) is 1. The number of hydrogen-bond donors (Lipinski definition) is 1. The standard InChI is InChI=1S/C17H27NO3/c1-5-18-16(17(12(3)4)19-6-2)13-7-8-14-15(11-13)21-10-9-20-14/h7-8,11-12,16-18H,5-6,9-10H2,1-4H3. The number of hydrogen-bond acceptors (Lipinski definition) is 4. The molecule has 0 aromatic heterocycles. The predicted molar refractivity (Wildman–Crippen MR) is 84.1 cm³/mol. The summed E-state index contributed by atoms with van der Waals surface area (Å²) >= 11 is 0. The maximum atomic E-state index is 5.98. The molecular weight excluding hydrogens is 266 g/mol. The van der Waals surface area contributed by atoms with Crippen LogP contribution in [0.25, 0.3) is 0 Å². The van der Waals surface area contributed by atoms with Crippen LogP contribution < -0.4 is 14.8 Å². The highest BCUT2D eigenvalue weighted by atomic mass is 16.6. The number of rotatable bonds is 7. The molecule has 1 N–H and O–H groups in total. The molecule has 2 unspecified atom stereocenters. The Balaban J connectivity index is 2.28. The normalized spacial score (nSPS) is 16.8. The van der Waals surface area contributed by atoms with Crippen molar-refractivity contribution in [2.24, 2.45) is 5.92 Å². The lowest BCUT2D eigenvalue weighted by atomic mass is 9.93. The van der Waals surface area contributed by atoms with Crippen LogP contribution >= 0.6 is 0 Å². The Morgan fingerprint density at radius 2 is 1.86 bits per heavy atom. The molecule has 1 aromatic rings. The highest BCUT2D eigenvalue weighted by Crippen LogP contribution is 2.34. The van der Waals surface area contributed by atoms with Gasteiger partial charge in [-0.15, -0.1) is 0 Å². The molecule has 0 aliphatic carbocycles. The molecule has 118 valence electrons. The van der Waals surface area contributed by atoms with Crippen molar-refractivity contribution in [2.75, 3.05) is 26.4 Å². The molecule has 21 heavy (non-hydrogen) atoms. The third-order valence-electron chi connectivity index (χ3n) is 3.69. The van der Waals surface area contributed by atoms with Crippen molar-refractivity contribution >= 4 is 0 Å². The molecule has 0 saturated carbocycles. The van der Waals surface area contributed by atoms with Gasteiger partial charge in [0, 0.05) is 6.61 Å². The minimum Gasteiger partial charge on any atom is -0.486 e. The third-order valence-corrected chi connectivity index (χ3v) is 3.69. The van der Waals surface area contributed by atoms with Gasteiger partial charge in [-0.3, -0.25) is 0 Å². The predicted octanol–water partition coefficient (Wildman–Crippen LogP) is 3.17. The SMILES string of the molecule is CCNC(c1ccc2c(c1)OCCO2)C(OCC)C(C)C. The minimum absolute atomic E-state index is 0.137. The molecule has 0 saturated heterocycles. The lowest BCUT2D eigenvalue weighted by Crippen LogP contribution is -2.37. The second kappa shape index (κ2) is 7.66. The van der Waals surface area contributed by atoms with Gasteiger partial charge in [-0.1, -0.05) is 26.8 Å². The zero-order valence-electron chi connectivity index (χ0n) is 13.5. The second-order valence-corrected chi connectivity index (χ2v) is 5.60. The Morgan fingerprint density at radius 3 is 2.48 bits per heavy atom. The molecule has 0 fully saturated rings. The van der Waals surface area contributed by atoms with Crippen LogP contribution in [0.5, 0.6) is 11.5 Å². The smallest absolute Gasteiger partial charge is 0.161 e. The lowest BCUT2D eigenvalue weighted by molar-refractivity contribution is 0.00308. The van der Waals surface area contributed by atoms with Gasteiger partial charge in [0.2, 0.25) is 0 Å². The molecule has 1 aliphatic heterocycles. The van der Waals surface area contributed by atoms with Gasteiger partial charge in [0.15, 0.2) is 11.5 Å². The summed E-state index contributed by atoms with van der Waals surface area (Å²) in [5.74, 6) is 2.10. The van der Waals surface area contributed by atoms with Gasteiger partial charge in [0.1, 0.15) is 13.2 Å². The minimum atomic E-state index is 0.137. The average molecular weight is 293 g/mol. The van der Waals surface area contributed by atoms with Gasteiger partial charge >= 0.3 is 0 Å². The highest BCUT2D eigenvalue weighted by Gasteiger charge is 2.27. The number of benzene rings is 1. The van der Waals surface area contributed by atoms with Gasteiger partial charge in [0.25, 0.3) is 0 Å². The van der Waals surface area contributed by atoms with E-state index in [0.717, 1.165) is 24.7 Å². The molecule has 0 radical (unpaired) electrons. The molecule has 0 bridgehead atoms. The monoisotopic (exact) mass is 293 g/mol. The van der Waals surface area contributed by atoms with E-state index in [-0.39, 0.29) is 12.1 Å². The van der Waals surface area contributed by atoms with Gasteiger partial charge in [-0.05, 0) is 37.1 Å². The van der Waals surface area contributed by atoms with Gasteiger partial charge in [-0.25, -0.2) is 0 Å². The fourth-order valence-electron chi connectivity index (χ4n) is 2.76. The first-order valence-electron chi connectivity index (χ1n) is 7.91. The van der Waals surface area contributed by atoms with E-state index in [1.165, 1.54) is 5.56 Å². The van der Waals surface area contributed by atoms with Crippen LogP contribution in [0.3, 0.4) is 0 Å².